The molecule has 2 atom stereocenters. The van der Waals surface area contributed by atoms with Gasteiger partial charge in [0, 0.05) is 0 Å². The maximum atomic E-state index is 9.23. The van der Waals surface area contributed by atoms with Crippen molar-refractivity contribution in [3.8, 4) is 5.75 Å². The van der Waals surface area contributed by atoms with Gasteiger partial charge in [-0.2, -0.15) is 0 Å². The summed E-state index contributed by atoms with van der Waals surface area (Å²) in [5.41, 5.74) is 6.50. The van der Waals surface area contributed by atoms with E-state index in [2.05, 4.69) is 15.9 Å². The number of rotatable bonds is 2. The summed E-state index contributed by atoms with van der Waals surface area (Å²) in [4.78, 5) is 0. The van der Waals surface area contributed by atoms with Gasteiger partial charge in [0.05, 0.1) is 16.6 Å². The first-order valence-electron chi connectivity index (χ1n) is 3.94. The summed E-state index contributed by atoms with van der Waals surface area (Å²) in [5, 5.41) is 18.4. The highest BCUT2D eigenvalue weighted by molar-refractivity contribution is 9.10. The van der Waals surface area contributed by atoms with Gasteiger partial charge in [0.25, 0.3) is 0 Å². The third-order valence-electron chi connectivity index (χ3n) is 1.88. The van der Waals surface area contributed by atoms with Crippen LogP contribution in [-0.4, -0.2) is 16.3 Å². The van der Waals surface area contributed by atoms with Gasteiger partial charge < -0.3 is 15.9 Å². The number of hydrogen-bond donors (Lipinski definition) is 3. The Morgan fingerprint density at radius 1 is 1.46 bits per heavy atom. The highest BCUT2D eigenvalue weighted by atomic mass is 79.9. The first-order valence-corrected chi connectivity index (χ1v) is 4.73. The van der Waals surface area contributed by atoms with Crippen LogP contribution >= 0.6 is 15.9 Å². The van der Waals surface area contributed by atoms with Crippen LogP contribution in [0.4, 0.5) is 0 Å². The average molecular weight is 246 g/mol. The van der Waals surface area contributed by atoms with E-state index in [4.69, 9.17) is 5.73 Å². The van der Waals surface area contributed by atoms with Gasteiger partial charge >= 0.3 is 0 Å². The molecular weight excluding hydrogens is 234 g/mol. The molecule has 1 aromatic carbocycles. The summed E-state index contributed by atoms with van der Waals surface area (Å²) < 4.78 is 0.584. The fraction of sp³-hybridized carbons (Fsp3) is 0.333. The van der Waals surface area contributed by atoms with Crippen LogP contribution in [0.3, 0.4) is 0 Å². The molecule has 4 heteroatoms. The Morgan fingerprint density at radius 2 is 2.08 bits per heavy atom. The molecule has 0 radical (unpaired) electrons. The minimum Gasteiger partial charge on any atom is -0.507 e. The van der Waals surface area contributed by atoms with Crippen molar-refractivity contribution < 1.29 is 10.2 Å². The van der Waals surface area contributed by atoms with E-state index in [0.29, 0.717) is 4.47 Å². The van der Waals surface area contributed by atoms with Gasteiger partial charge in [-0.25, -0.2) is 0 Å². The second-order valence-electron chi connectivity index (χ2n) is 2.98. The van der Waals surface area contributed by atoms with E-state index in [0.717, 1.165) is 5.56 Å². The first-order chi connectivity index (χ1) is 6.02. The second kappa shape index (κ2) is 4.09. The van der Waals surface area contributed by atoms with Gasteiger partial charge in [-0.05, 0) is 40.5 Å². The number of hydrogen-bond acceptors (Lipinski definition) is 3. The highest BCUT2D eigenvalue weighted by Gasteiger charge is 2.12. The van der Waals surface area contributed by atoms with Gasteiger partial charge in [-0.15, -0.1) is 0 Å². The lowest BCUT2D eigenvalue weighted by atomic mass is 10.0. The predicted molar refractivity (Wildman–Crippen MR) is 54.4 cm³/mol. The smallest absolute Gasteiger partial charge is 0.129 e. The standard InChI is InChI=1S/C9H12BrNO2/c1-5(12)9(11)6-2-3-8(13)7(10)4-6/h2-5,9,12-13H,11H2,1H3/t5-,9-/m1/s1. The van der Waals surface area contributed by atoms with Gasteiger partial charge in [-0.1, -0.05) is 6.07 Å². The molecule has 0 aliphatic carbocycles. The SMILES string of the molecule is C[C@@H](O)[C@@H](N)c1ccc(O)c(Br)c1. The zero-order valence-corrected chi connectivity index (χ0v) is 8.82. The van der Waals surface area contributed by atoms with Crippen LogP contribution in [0.2, 0.25) is 0 Å². The summed E-state index contributed by atoms with van der Waals surface area (Å²) in [7, 11) is 0. The highest BCUT2D eigenvalue weighted by Crippen LogP contribution is 2.27. The number of nitrogens with two attached hydrogens (primary N) is 1. The normalized spacial score (nSPS) is 15.4. The topological polar surface area (TPSA) is 66.5 Å². The molecule has 0 saturated heterocycles. The fourth-order valence-electron chi connectivity index (χ4n) is 1.01. The van der Waals surface area contributed by atoms with Crippen molar-refractivity contribution in [1.29, 1.82) is 0 Å². The third-order valence-corrected chi connectivity index (χ3v) is 2.51. The van der Waals surface area contributed by atoms with Crippen molar-refractivity contribution in [2.45, 2.75) is 19.1 Å². The zero-order valence-electron chi connectivity index (χ0n) is 7.24. The van der Waals surface area contributed by atoms with Crippen LogP contribution < -0.4 is 5.73 Å². The molecule has 0 saturated carbocycles. The molecular formula is C9H12BrNO2. The molecule has 0 spiro atoms. The molecule has 1 aromatic rings. The Kier molecular flexibility index (Phi) is 3.30. The molecule has 0 heterocycles. The molecule has 3 nitrogen and oxygen atoms in total. The number of aliphatic hydroxyl groups excluding tert-OH is 1. The van der Waals surface area contributed by atoms with Crippen LogP contribution in [0.25, 0.3) is 0 Å². The molecule has 1 rings (SSSR count). The van der Waals surface area contributed by atoms with E-state index in [1.807, 2.05) is 0 Å². The third kappa shape index (κ3) is 2.43. The summed E-state index contributed by atoms with van der Waals surface area (Å²) >= 11 is 3.18. The summed E-state index contributed by atoms with van der Waals surface area (Å²) in [6, 6.07) is 4.52. The van der Waals surface area contributed by atoms with Crippen LogP contribution in [0.15, 0.2) is 22.7 Å². The van der Waals surface area contributed by atoms with Gasteiger partial charge in [0.15, 0.2) is 0 Å². The number of benzene rings is 1. The van der Waals surface area contributed by atoms with Gasteiger partial charge in [0.2, 0.25) is 0 Å². The maximum Gasteiger partial charge on any atom is 0.129 e. The number of aliphatic hydroxyl groups is 1. The Bertz CT molecular complexity index is 302. The van der Waals surface area contributed by atoms with E-state index in [1.54, 1.807) is 25.1 Å². The Labute approximate surface area is 85.3 Å². The molecule has 0 bridgehead atoms. The lowest BCUT2D eigenvalue weighted by Gasteiger charge is -2.15. The van der Waals surface area contributed by atoms with Crippen molar-refractivity contribution in [3.63, 3.8) is 0 Å². The number of aromatic hydroxyl groups is 1. The summed E-state index contributed by atoms with van der Waals surface area (Å²) in [6.07, 6.45) is -0.601. The number of phenolic OH excluding ortho intramolecular Hbond substituents is 1. The lowest BCUT2D eigenvalue weighted by molar-refractivity contribution is 0.164. The van der Waals surface area contributed by atoms with Crippen molar-refractivity contribution in [1.82, 2.24) is 0 Å². The summed E-state index contributed by atoms with van der Waals surface area (Å²) in [5.74, 6) is 0.168. The van der Waals surface area contributed by atoms with E-state index in [9.17, 15) is 10.2 Å². The van der Waals surface area contributed by atoms with Crippen molar-refractivity contribution in [3.05, 3.63) is 28.2 Å². The molecule has 0 aliphatic heterocycles. The molecule has 13 heavy (non-hydrogen) atoms. The van der Waals surface area contributed by atoms with Crippen molar-refractivity contribution >= 4 is 15.9 Å². The second-order valence-corrected chi connectivity index (χ2v) is 3.83. The molecule has 4 N–H and O–H groups in total. The molecule has 0 amide bonds. The number of phenols is 1. The van der Waals surface area contributed by atoms with Crippen LogP contribution in [-0.2, 0) is 0 Å². The minimum absolute atomic E-state index is 0.168. The Morgan fingerprint density at radius 3 is 2.54 bits per heavy atom. The van der Waals surface area contributed by atoms with Crippen LogP contribution in [0, 0.1) is 0 Å². The van der Waals surface area contributed by atoms with E-state index in [1.165, 1.54) is 0 Å². The molecule has 0 unspecified atom stereocenters. The molecule has 72 valence electrons. The van der Waals surface area contributed by atoms with Crippen molar-refractivity contribution in [2.75, 3.05) is 0 Å². The molecule has 0 fully saturated rings. The average Bonchev–Trinajstić information content (AvgIpc) is 2.08. The fourth-order valence-corrected chi connectivity index (χ4v) is 1.41. The Hall–Kier alpha value is -0.580. The molecule has 0 aromatic heterocycles. The van der Waals surface area contributed by atoms with Crippen LogP contribution in [0.1, 0.15) is 18.5 Å². The van der Waals surface area contributed by atoms with E-state index < -0.39 is 12.1 Å². The Balaban J connectivity index is 2.97. The van der Waals surface area contributed by atoms with Crippen LogP contribution in [0.5, 0.6) is 5.75 Å². The van der Waals surface area contributed by atoms with E-state index >= 15 is 0 Å². The minimum atomic E-state index is -0.601. The quantitative estimate of drug-likeness (QED) is 0.741. The van der Waals surface area contributed by atoms with Gasteiger partial charge in [0.1, 0.15) is 5.75 Å². The van der Waals surface area contributed by atoms with Crippen molar-refractivity contribution in [2.24, 2.45) is 5.73 Å². The van der Waals surface area contributed by atoms with E-state index in [-0.39, 0.29) is 5.75 Å². The zero-order chi connectivity index (χ0) is 10.0. The number of halogens is 1. The molecule has 0 aliphatic rings. The van der Waals surface area contributed by atoms with Gasteiger partial charge in [-0.3, -0.25) is 0 Å². The lowest BCUT2D eigenvalue weighted by Crippen LogP contribution is -2.22. The largest absolute Gasteiger partial charge is 0.507 e. The predicted octanol–water partition coefficient (Wildman–Crippen LogP) is 1.54. The first kappa shape index (κ1) is 10.5. The monoisotopic (exact) mass is 245 g/mol. The maximum absolute atomic E-state index is 9.23. The summed E-state index contributed by atoms with van der Waals surface area (Å²) in [6.45, 7) is 1.63.